The SMILES string of the molecule is COc1ccc2nc(NC(C)C(=O)N(C)C)sc2c1. The molecule has 0 saturated heterocycles. The summed E-state index contributed by atoms with van der Waals surface area (Å²) in [5.41, 5.74) is 0.901. The van der Waals surface area contributed by atoms with E-state index in [1.165, 1.54) is 11.3 Å². The van der Waals surface area contributed by atoms with E-state index in [1.807, 2.05) is 25.1 Å². The van der Waals surface area contributed by atoms with Crippen molar-refractivity contribution in [3.63, 3.8) is 0 Å². The first-order valence-electron chi connectivity index (χ1n) is 5.93. The molecule has 1 aromatic carbocycles. The van der Waals surface area contributed by atoms with Crippen LogP contribution in [0.5, 0.6) is 5.75 Å². The Kier molecular flexibility index (Phi) is 3.90. The number of hydrogen-bond acceptors (Lipinski definition) is 5. The second-order valence-electron chi connectivity index (χ2n) is 4.45. The van der Waals surface area contributed by atoms with Crippen molar-refractivity contribution in [2.24, 2.45) is 0 Å². The largest absolute Gasteiger partial charge is 0.497 e. The molecule has 0 aliphatic heterocycles. The van der Waals surface area contributed by atoms with Gasteiger partial charge in [0.15, 0.2) is 5.13 Å². The quantitative estimate of drug-likeness (QED) is 0.932. The van der Waals surface area contributed by atoms with Gasteiger partial charge in [-0.15, -0.1) is 0 Å². The number of thiazole rings is 1. The number of carbonyl (C=O) groups excluding carboxylic acids is 1. The molecule has 19 heavy (non-hydrogen) atoms. The molecule has 1 heterocycles. The van der Waals surface area contributed by atoms with Gasteiger partial charge in [0.1, 0.15) is 11.8 Å². The highest BCUT2D eigenvalue weighted by atomic mass is 32.1. The summed E-state index contributed by atoms with van der Waals surface area (Å²) in [6.07, 6.45) is 0. The van der Waals surface area contributed by atoms with Crippen LogP contribution in [0.15, 0.2) is 18.2 Å². The second kappa shape index (κ2) is 5.44. The zero-order chi connectivity index (χ0) is 14.0. The highest BCUT2D eigenvalue weighted by Gasteiger charge is 2.16. The molecule has 0 fully saturated rings. The molecular weight excluding hydrogens is 262 g/mol. The number of nitrogens with zero attached hydrogens (tertiary/aromatic N) is 2. The van der Waals surface area contributed by atoms with Gasteiger partial charge in [-0.05, 0) is 25.1 Å². The number of methoxy groups -OCH3 is 1. The molecule has 0 saturated carbocycles. The number of benzene rings is 1. The lowest BCUT2D eigenvalue weighted by molar-refractivity contribution is -0.129. The summed E-state index contributed by atoms with van der Waals surface area (Å²) in [4.78, 5) is 17.8. The average molecular weight is 279 g/mol. The van der Waals surface area contributed by atoms with Crippen LogP contribution in [0.25, 0.3) is 10.2 Å². The average Bonchev–Trinajstić information content (AvgIpc) is 2.78. The Bertz CT molecular complexity index is 595. The molecule has 1 atom stereocenters. The van der Waals surface area contributed by atoms with Gasteiger partial charge in [-0.2, -0.15) is 0 Å². The molecule has 0 spiro atoms. The fraction of sp³-hybridized carbons (Fsp3) is 0.385. The molecule has 1 unspecified atom stereocenters. The van der Waals surface area contributed by atoms with Gasteiger partial charge in [-0.25, -0.2) is 4.98 Å². The molecule has 0 aliphatic carbocycles. The van der Waals surface area contributed by atoms with Crippen molar-refractivity contribution in [3.8, 4) is 5.75 Å². The van der Waals surface area contributed by atoms with Gasteiger partial charge >= 0.3 is 0 Å². The van der Waals surface area contributed by atoms with E-state index in [1.54, 1.807) is 26.1 Å². The molecule has 0 bridgehead atoms. The Hall–Kier alpha value is -1.82. The summed E-state index contributed by atoms with van der Waals surface area (Å²) < 4.78 is 6.21. The monoisotopic (exact) mass is 279 g/mol. The number of nitrogens with one attached hydrogen (secondary N) is 1. The van der Waals surface area contributed by atoms with Crippen molar-refractivity contribution in [1.82, 2.24) is 9.88 Å². The maximum atomic E-state index is 11.8. The van der Waals surface area contributed by atoms with Crippen molar-refractivity contribution >= 4 is 32.6 Å². The lowest BCUT2D eigenvalue weighted by atomic mass is 10.3. The molecule has 0 aliphatic rings. The maximum absolute atomic E-state index is 11.8. The minimum Gasteiger partial charge on any atom is -0.497 e. The summed E-state index contributed by atoms with van der Waals surface area (Å²) >= 11 is 1.51. The molecule has 1 N–H and O–H groups in total. The first-order chi connectivity index (χ1) is 9.01. The van der Waals surface area contributed by atoms with E-state index in [-0.39, 0.29) is 11.9 Å². The molecule has 1 amide bonds. The van der Waals surface area contributed by atoms with Crippen molar-refractivity contribution in [2.45, 2.75) is 13.0 Å². The van der Waals surface area contributed by atoms with Gasteiger partial charge in [0, 0.05) is 14.1 Å². The van der Waals surface area contributed by atoms with Gasteiger partial charge in [-0.3, -0.25) is 4.79 Å². The predicted octanol–water partition coefficient (Wildman–Crippen LogP) is 2.19. The van der Waals surface area contributed by atoms with Gasteiger partial charge in [0.05, 0.1) is 17.3 Å². The highest BCUT2D eigenvalue weighted by Crippen LogP contribution is 2.29. The summed E-state index contributed by atoms with van der Waals surface area (Å²) in [7, 11) is 5.12. The Balaban J connectivity index is 2.19. The number of ether oxygens (including phenoxy) is 1. The predicted molar refractivity (Wildman–Crippen MR) is 78.0 cm³/mol. The Labute approximate surface area is 116 Å². The molecule has 102 valence electrons. The zero-order valence-corrected chi connectivity index (χ0v) is 12.2. The van der Waals surface area contributed by atoms with E-state index in [0.29, 0.717) is 0 Å². The van der Waals surface area contributed by atoms with Crippen LogP contribution >= 0.6 is 11.3 Å². The van der Waals surface area contributed by atoms with Crippen LogP contribution in [-0.4, -0.2) is 43.0 Å². The fourth-order valence-corrected chi connectivity index (χ4v) is 2.71. The van der Waals surface area contributed by atoms with Crippen LogP contribution < -0.4 is 10.1 Å². The third-order valence-corrected chi connectivity index (χ3v) is 3.70. The summed E-state index contributed by atoms with van der Waals surface area (Å²) in [5.74, 6) is 0.831. The minimum atomic E-state index is -0.294. The lowest BCUT2D eigenvalue weighted by Crippen LogP contribution is -2.36. The van der Waals surface area contributed by atoms with Crippen LogP contribution in [-0.2, 0) is 4.79 Å². The second-order valence-corrected chi connectivity index (χ2v) is 5.48. The van der Waals surface area contributed by atoms with E-state index < -0.39 is 0 Å². The number of amides is 1. The standard InChI is InChI=1S/C13H17N3O2S/c1-8(12(17)16(2)3)14-13-15-10-6-5-9(18-4)7-11(10)19-13/h5-8H,1-4H3,(H,14,15). The van der Waals surface area contributed by atoms with Gasteiger partial charge in [0.2, 0.25) is 5.91 Å². The normalized spacial score (nSPS) is 12.2. The number of anilines is 1. The van der Waals surface area contributed by atoms with Crippen LogP contribution in [0, 0.1) is 0 Å². The first kappa shape index (κ1) is 13.6. The Morgan fingerprint density at radius 3 is 2.84 bits per heavy atom. The molecule has 2 rings (SSSR count). The van der Waals surface area contributed by atoms with Crippen LogP contribution in [0.2, 0.25) is 0 Å². The Morgan fingerprint density at radius 2 is 2.21 bits per heavy atom. The van der Waals surface area contributed by atoms with Crippen molar-refractivity contribution in [3.05, 3.63) is 18.2 Å². The fourth-order valence-electron chi connectivity index (χ4n) is 1.73. The zero-order valence-electron chi connectivity index (χ0n) is 11.4. The molecule has 0 radical (unpaired) electrons. The first-order valence-corrected chi connectivity index (χ1v) is 6.75. The molecule has 2 aromatic rings. The third-order valence-electron chi connectivity index (χ3n) is 2.75. The van der Waals surface area contributed by atoms with E-state index >= 15 is 0 Å². The number of aromatic nitrogens is 1. The number of carbonyl (C=O) groups is 1. The van der Waals surface area contributed by atoms with Gasteiger partial charge in [-0.1, -0.05) is 11.3 Å². The van der Waals surface area contributed by atoms with E-state index in [2.05, 4.69) is 10.3 Å². The number of hydrogen-bond donors (Lipinski definition) is 1. The number of likely N-dealkylation sites (N-methyl/N-ethyl adjacent to an activating group) is 1. The molecule has 1 aromatic heterocycles. The summed E-state index contributed by atoms with van der Waals surface area (Å²) in [5, 5.41) is 3.87. The van der Waals surface area contributed by atoms with Crippen LogP contribution in [0.1, 0.15) is 6.92 Å². The van der Waals surface area contributed by atoms with Crippen molar-refractivity contribution < 1.29 is 9.53 Å². The van der Waals surface area contributed by atoms with Crippen LogP contribution in [0.3, 0.4) is 0 Å². The van der Waals surface area contributed by atoms with Crippen molar-refractivity contribution in [1.29, 1.82) is 0 Å². The summed E-state index contributed by atoms with van der Waals surface area (Å²) in [6.45, 7) is 1.83. The van der Waals surface area contributed by atoms with Crippen molar-refractivity contribution in [2.75, 3.05) is 26.5 Å². The topological polar surface area (TPSA) is 54.5 Å². The maximum Gasteiger partial charge on any atom is 0.244 e. The number of fused-ring (bicyclic) bond motifs is 1. The summed E-state index contributed by atoms with van der Waals surface area (Å²) in [6, 6.07) is 5.43. The van der Waals surface area contributed by atoms with E-state index in [0.717, 1.165) is 21.1 Å². The van der Waals surface area contributed by atoms with E-state index in [9.17, 15) is 4.79 Å². The smallest absolute Gasteiger partial charge is 0.244 e. The van der Waals surface area contributed by atoms with Gasteiger partial charge < -0.3 is 15.0 Å². The Morgan fingerprint density at radius 1 is 1.47 bits per heavy atom. The van der Waals surface area contributed by atoms with E-state index in [4.69, 9.17) is 4.74 Å². The minimum absolute atomic E-state index is 0.0248. The highest BCUT2D eigenvalue weighted by molar-refractivity contribution is 7.22. The third kappa shape index (κ3) is 2.96. The lowest BCUT2D eigenvalue weighted by Gasteiger charge is -2.17. The number of rotatable bonds is 4. The molecular formula is C13H17N3O2S. The molecule has 6 heteroatoms. The van der Waals surface area contributed by atoms with Crippen LogP contribution in [0.4, 0.5) is 5.13 Å². The molecule has 5 nitrogen and oxygen atoms in total. The van der Waals surface area contributed by atoms with Gasteiger partial charge in [0.25, 0.3) is 0 Å².